The Hall–Kier alpha value is -0.880. The number of halogens is 5. The summed E-state index contributed by atoms with van der Waals surface area (Å²) in [5.74, 6) is -11.4. The van der Waals surface area contributed by atoms with Gasteiger partial charge in [-0.05, 0) is 5.92 Å². The summed E-state index contributed by atoms with van der Waals surface area (Å²) >= 11 is 0. The predicted octanol–water partition coefficient (Wildman–Crippen LogP) is 2.54. The molecule has 0 aromatic rings. The van der Waals surface area contributed by atoms with Crippen molar-refractivity contribution in [2.45, 2.75) is 25.9 Å². The molecule has 1 N–H and O–H groups in total. The Kier molecular flexibility index (Phi) is 3.47. The summed E-state index contributed by atoms with van der Waals surface area (Å²) in [6.45, 7) is 2.00. The number of aliphatic carboxylic acids is 1. The van der Waals surface area contributed by atoms with E-state index >= 15 is 0 Å². The van der Waals surface area contributed by atoms with E-state index < -0.39 is 29.9 Å². The number of carboxylic acids is 1. The molecular formula is C7H9F5O2. The first-order valence-corrected chi connectivity index (χ1v) is 3.69. The van der Waals surface area contributed by atoms with Crippen LogP contribution in [0.1, 0.15) is 13.8 Å². The van der Waals surface area contributed by atoms with Crippen molar-refractivity contribution in [1.82, 2.24) is 0 Å². The zero-order valence-corrected chi connectivity index (χ0v) is 7.40. The lowest BCUT2D eigenvalue weighted by Crippen LogP contribution is -2.49. The van der Waals surface area contributed by atoms with E-state index in [-0.39, 0.29) is 0 Å². The molecule has 7 heteroatoms. The zero-order valence-electron chi connectivity index (χ0n) is 7.40. The second-order valence-corrected chi connectivity index (χ2v) is 3.18. The molecule has 0 fully saturated rings. The first-order chi connectivity index (χ1) is 6.01. The number of rotatable bonds is 3. The minimum absolute atomic E-state index is 0.998. The SMILES string of the molecule is CC(C)C(C(=O)O)C(F)(F)C(F)(F)F. The molecule has 0 saturated heterocycles. The van der Waals surface area contributed by atoms with Crippen LogP contribution in [-0.4, -0.2) is 23.2 Å². The van der Waals surface area contributed by atoms with Crippen molar-refractivity contribution in [3.8, 4) is 0 Å². The minimum Gasteiger partial charge on any atom is -0.481 e. The Bertz CT molecular complexity index is 221. The standard InChI is InChI=1S/C7H9F5O2/c1-3(2)4(5(13)14)6(8,9)7(10,11)12/h3-4H,1-2H3,(H,13,14). The summed E-state index contributed by atoms with van der Waals surface area (Å²) in [6, 6.07) is 0. The molecular weight excluding hydrogens is 211 g/mol. The monoisotopic (exact) mass is 220 g/mol. The third-order valence-corrected chi connectivity index (χ3v) is 1.70. The van der Waals surface area contributed by atoms with E-state index in [9.17, 15) is 26.7 Å². The van der Waals surface area contributed by atoms with Gasteiger partial charge >= 0.3 is 18.1 Å². The Morgan fingerprint density at radius 1 is 1.14 bits per heavy atom. The summed E-state index contributed by atoms with van der Waals surface area (Å²) in [4.78, 5) is 10.3. The highest BCUT2D eigenvalue weighted by Gasteiger charge is 2.65. The van der Waals surface area contributed by atoms with Gasteiger partial charge in [0.2, 0.25) is 0 Å². The molecule has 0 heterocycles. The Balaban J connectivity index is 5.11. The second kappa shape index (κ2) is 3.70. The molecule has 0 radical (unpaired) electrons. The molecule has 0 aromatic heterocycles. The normalized spacial score (nSPS) is 15.7. The van der Waals surface area contributed by atoms with Gasteiger partial charge in [-0.1, -0.05) is 13.8 Å². The number of carbonyl (C=O) groups is 1. The molecule has 14 heavy (non-hydrogen) atoms. The van der Waals surface area contributed by atoms with E-state index in [1.54, 1.807) is 0 Å². The molecule has 0 bridgehead atoms. The van der Waals surface area contributed by atoms with Crippen LogP contribution < -0.4 is 0 Å². The van der Waals surface area contributed by atoms with E-state index in [2.05, 4.69) is 0 Å². The van der Waals surface area contributed by atoms with Crippen molar-refractivity contribution < 1.29 is 31.9 Å². The highest BCUT2D eigenvalue weighted by atomic mass is 19.4. The van der Waals surface area contributed by atoms with Gasteiger partial charge in [-0.2, -0.15) is 22.0 Å². The lowest BCUT2D eigenvalue weighted by molar-refractivity contribution is -0.305. The molecule has 2 nitrogen and oxygen atoms in total. The van der Waals surface area contributed by atoms with Crippen LogP contribution >= 0.6 is 0 Å². The quantitative estimate of drug-likeness (QED) is 0.742. The van der Waals surface area contributed by atoms with E-state index in [0.29, 0.717) is 0 Å². The maximum atomic E-state index is 12.6. The molecule has 0 aromatic carbocycles. The summed E-state index contributed by atoms with van der Waals surface area (Å²) in [7, 11) is 0. The molecule has 84 valence electrons. The van der Waals surface area contributed by atoms with E-state index in [0.717, 1.165) is 13.8 Å². The smallest absolute Gasteiger partial charge is 0.454 e. The number of alkyl halides is 5. The molecule has 0 rings (SSSR count). The molecule has 0 aliphatic carbocycles. The fraction of sp³-hybridized carbons (Fsp3) is 0.857. The first-order valence-electron chi connectivity index (χ1n) is 3.69. The van der Waals surface area contributed by atoms with E-state index in [1.165, 1.54) is 0 Å². The molecule has 0 amide bonds. The predicted molar refractivity (Wildman–Crippen MR) is 37.0 cm³/mol. The highest BCUT2D eigenvalue weighted by molar-refractivity contribution is 5.71. The Morgan fingerprint density at radius 3 is 1.57 bits per heavy atom. The summed E-state index contributed by atoms with van der Waals surface area (Å²) in [5, 5.41) is 8.26. The van der Waals surface area contributed by atoms with Gasteiger partial charge < -0.3 is 5.11 Å². The molecule has 0 spiro atoms. The molecule has 0 aliphatic heterocycles. The van der Waals surface area contributed by atoms with Gasteiger partial charge in [-0.3, -0.25) is 4.79 Å². The van der Waals surface area contributed by atoms with Crippen molar-refractivity contribution in [3.05, 3.63) is 0 Å². The fourth-order valence-corrected chi connectivity index (χ4v) is 1.04. The van der Waals surface area contributed by atoms with Crippen LogP contribution in [0.5, 0.6) is 0 Å². The third-order valence-electron chi connectivity index (χ3n) is 1.70. The maximum absolute atomic E-state index is 12.6. The second-order valence-electron chi connectivity index (χ2n) is 3.18. The highest BCUT2D eigenvalue weighted by Crippen LogP contribution is 2.44. The molecule has 0 saturated carbocycles. The molecule has 1 unspecified atom stereocenters. The topological polar surface area (TPSA) is 37.3 Å². The van der Waals surface area contributed by atoms with Crippen LogP contribution in [0.25, 0.3) is 0 Å². The van der Waals surface area contributed by atoms with E-state index in [4.69, 9.17) is 5.11 Å². The molecule has 1 atom stereocenters. The average molecular weight is 220 g/mol. The van der Waals surface area contributed by atoms with Crippen LogP contribution in [0.4, 0.5) is 22.0 Å². The van der Waals surface area contributed by atoms with Crippen molar-refractivity contribution in [1.29, 1.82) is 0 Å². The zero-order chi connectivity index (χ0) is 11.7. The number of carboxylic acid groups (broad SMARTS) is 1. The van der Waals surface area contributed by atoms with Crippen LogP contribution in [0.3, 0.4) is 0 Å². The van der Waals surface area contributed by atoms with Gasteiger partial charge in [0, 0.05) is 0 Å². The number of hydrogen-bond donors (Lipinski definition) is 1. The van der Waals surface area contributed by atoms with E-state index in [1.807, 2.05) is 0 Å². The van der Waals surface area contributed by atoms with Gasteiger partial charge in [0.15, 0.2) is 0 Å². The first kappa shape index (κ1) is 13.1. The average Bonchev–Trinajstić information content (AvgIpc) is 1.79. The van der Waals surface area contributed by atoms with Gasteiger partial charge in [-0.15, -0.1) is 0 Å². The van der Waals surface area contributed by atoms with Crippen molar-refractivity contribution >= 4 is 5.97 Å². The fourth-order valence-electron chi connectivity index (χ4n) is 1.04. The summed E-state index contributed by atoms with van der Waals surface area (Å²) < 4.78 is 60.6. The van der Waals surface area contributed by atoms with Crippen LogP contribution in [0.2, 0.25) is 0 Å². The Labute approximate surface area is 76.7 Å². The van der Waals surface area contributed by atoms with Crippen LogP contribution in [-0.2, 0) is 4.79 Å². The summed E-state index contributed by atoms with van der Waals surface area (Å²) in [6.07, 6.45) is -5.83. The van der Waals surface area contributed by atoms with Crippen molar-refractivity contribution in [2.24, 2.45) is 11.8 Å². The maximum Gasteiger partial charge on any atom is 0.454 e. The van der Waals surface area contributed by atoms with Crippen LogP contribution in [0, 0.1) is 11.8 Å². The third kappa shape index (κ3) is 2.33. The molecule has 0 aliphatic rings. The van der Waals surface area contributed by atoms with Gasteiger partial charge in [0.1, 0.15) is 5.92 Å². The van der Waals surface area contributed by atoms with Gasteiger partial charge in [-0.25, -0.2) is 0 Å². The Morgan fingerprint density at radius 2 is 1.50 bits per heavy atom. The van der Waals surface area contributed by atoms with Gasteiger partial charge in [0.25, 0.3) is 0 Å². The lowest BCUT2D eigenvalue weighted by atomic mass is 9.89. The largest absolute Gasteiger partial charge is 0.481 e. The summed E-state index contributed by atoms with van der Waals surface area (Å²) in [5.41, 5.74) is 0. The van der Waals surface area contributed by atoms with Crippen molar-refractivity contribution in [2.75, 3.05) is 0 Å². The van der Waals surface area contributed by atoms with Crippen molar-refractivity contribution in [3.63, 3.8) is 0 Å². The minimum atomic E-state index is -5.83. The van der Waals surface area contributed by atoms with Gasteiger partial charge in [0.05, 0.1) is 0 Å². The number of hydrogen-bond acceptors (Lipinski definition) is 1. The lowest BCUT2D eigenvalue weighted by Gasteiger charge is -2.27. The van der Waals surface area contributed by atoms with Crippen LogP contribution in [0.15, 0.2) is 0 Å².